The van der Waals surface area contributed by atoms with Gasteiger partial charge in [0.15, 0.2) is 11.5 Å². The Morgan fingerprint density at radius 3 is 2.40 bits per heavy atom. The Morgan fingerprint density at radius 2 is 1.71 bits per heavy atom. The molecule has 0 radical (unpaired) electrons. The van der Waals surface area contributed by atoms with Gasteiger partial charge in [-0.05, 0) is 25.1 Å². The van der Waals surface area contributed by atoms with E-state index in [2.05, 4.69) is 9.97 Å². The fraction of sp³-hybridized carbons (Fsp3) is 0.320. The van der Waals surface area contributed by atoms with Crippen LogP contribution in [0.1, 0.15) is 12.5 Å². The average Bonchev–Trinajstić information content (AvgIpc) is 2.87. The lowest BCUT2D eigenvalue weighted by Crippen LogP contribution is -2.48. The standard InChI is InChI=1S/C25H29N5O4.ClH/c1-4-34-20-8-6-5-7-17(20)9-10-23(31)29-11-13-30(14-12-29)25-27-19-16-22(33-3)21(32-2)15-18(19)24(26)28-25;/h5-10,15-16H,4,11-14H2,1-3H3,(H2,26,27,28);1H/b10-9+;. The number of hydrogen-bond acceptors (Lipinski definition) is 8. The van der Waals surface area contributed by atoms with Gasteiger partial charge in [-0.15, -0.1) is 12.4 Å². The zero-order valence-electron chi connectivity index (χ0n) is 20.1. The number of nitrogens with two attached hydrogens (primary N) is 1. The molecule has 9 nitrogen and oxygen atoms in total. The van der Waals surface area contributed by atoms with Crippen LogP contribution in [0.2, 0.25) is 0 Å². The first-order valence-corrected chi connectivity index (χ1v) is 11.2. The summed E-state index contributed by atoms with van der Waals surface area (Å²) in [7, 11) is 3.15. The molecule has 0 bridgehead atoms. The van der Waals surface area contributed by atoms with Crippen LogP contribution in [-0.2, 0) is 4.79 Å². The highest BCUT2D eigenvalue weighted by atomic mass is 35.5. The third kappa shape index (κ3) is 5.68. The Morgan fingerprint density at radius 1 is 1.03 bits per heavy atom. The maximum Gasteiger partial charge on any atom is 0.246 e. The van der Waals surface area contributed by atoms with Crippen LogP contribution >= 0.6 is 12.4 Å². The number of nitrogens with zero attached hydrogens (tertiary/aromatic N) is 4. The summed E-state index contributed by atoms with van der Waals surface area (Å²) in [6.07, 6.45) is 3.40. The Balaban J connectivity index is 0.00000342. The molecule has 0 aliphatic carbocycles. The molecule has 35 heavy (non-hydrogen) atoms. The van der Waals surface area contributed by atoms with E-state index < -0.39 is 0 Å². The van der Waals surface area contributed by atoms with E-state index in [4.69, 9.17) is 19.9 Å². The van der Waals surface area contributed by atoms with Gasteiger partial charge >= 0.3 is 0 Å². The molecule has 0 spiro atoms. The third-order valence-electron chi connectivity index (χ3n) is 5.72. The highest BCUT2D eigenvalue weighted by molar-refractivity contribution is 5.93. The fourth-order valence-electron chi connectivity index (χ4n) is 3.91. The second-order valence-electron chi connectivity index (χ2n) is 7.75. The highest BCUT2D eigenvalue weighted by Gasteiger charge is 2.23. The van der Waals surface area contributed by atoms with E-state index in [1.165, 1.54) is 0 Å². The lowest BCUT2D eigenvalue weighted by Gasteiger charge is -2.34. The SMILES string of the molecule is CCOc1ccccc1/C=C/C(=O)N1CCN(c2nc(N)c3cc(OC)c(OC)cc3n2)CC1.Cl. The molecule has 4 rings (SSSR count). The fourth-order valence-corrected chi connectivity index (χ4v) is 3.91. The number of amides is 1. The highest BCUT2D eigenvalue weighted by Crippen LogP contribution is 2.34. The van der Waals surface area contributed by atoms with E-state index >= 15 is 0 Å². The van der Waals surface area contributed by atoms with Gasteiger partial charge in [0.05, 0.1) is 26.3 Å². The molecule has 1 aromatic heterocycles. The average molecular weight is 500 g/mol. The third-order valence-corrected chi connectivity index (χ3v) is 5.72. The van der Waals surface area contributed by atoms with Gasteiger partial charge in [0.2, 0.25) is 11.9 Å². The van der Waals surface area contributed by atoms with Gasteiger partial charge in [0.25, 0.3) is 0 Å². The van der Waals surface area contributed by atoms with Gasteiger partial charge in [0, 0.05) is 49.3 Å². The second-order valence-corrected chi connectivity index (χ2v) is 7.75. The quantitative estimate of drug-likeness (QED) is 0.493. The molecular weight excluding hydrogens is 470 g/mol. The molecular formula is C25H30ClN5O4. The lowest BCUT2D eigenvalue weighted by atomic mass is 10.2. The van der Waals surface area contributed by atoms with Gasteiger partial charge < -0.3 is 29.7 Å². The van der Waals surface area contributed by atoms with Crippen LogP contribution < -0.4 is 24.8 Å². The Kier molecular flexibility index (Phi) is 8.59. The topological polar surface area (TPSA) is 103 Å². The number of benzene rings is 2. The summed E-state index contributed by atoms with van der Waals surface area (Å²) in [6.45, 7) is 4.83. The second kappa shape index (κ2) is 11.6. The number of nitrogen functional groups attached to an aromatic ring is 1. The summed E-state index contributed by atoms with van der Waals surface area (Å²) >= 11 is 0. The van der Waals surface area contributed by atoms with Gasteiger partial charge in [0.1, 0.15) is 11.6 Å². The van der Waals surface area contributed by atoms with Crippen molar-refractivity contribution in [2.75, 3.05) is 57.6 Å². The van der Waals surface area contributed by atoms with E-state index in [1.807, 2.05) is 41.0 Å². The zero-order chi connectivity index (χ0) is 24.1. The molecule has 2 aromatic carbocycles. The van der Waals surface area contributed by atoms with Crippen molar-refractivity contribution in [3.8, 4) is 17.2 Å². The molecule has 1 fully saturated rings. The lowest BCUT2D eigenvalue weighted by molar-refractivity contribution is -0.126. The van der Waals surface area contributed by atoms with E-state index in [0.717, 1.165) is 11.3 Å². The molecule has 0 atom stereocenters. The number of para-hydroxylation sites is 1. The number of piperazine rings is 1. The Labute approximate surface area is 210 Å². The normalized spacial score (nSPS) is 13.6. The number of methoxy groups -OCH3 is 2. The number of carbonyl (C=O) groups is 1. The summed E-state index contributed by atoms with van der Waals surface area (Å²) < 4.78 is 16.4. The van der Waals surface area contributed by atoms with Crippen molar-refractivity contribution in [2.45, 2.75) is 6.92 Å². The molecule has 1 saturated heterocycles. The van der Waals surface area contributed by atoms with Crippen molar-refractivity contribution in [1.29, 1.82) is 0 Å². The van der Waals surface area contributed by atoms with E-state index in [9.17, 15) is 4.79 Å². The summed E-state index contributed by atoms with van der Waals surface area (Å²) in [5.41, 5.74) is 7.78. The van der Waals surface area contributed by atoms with Gasteiger partial charge in [-0.2, -0.15) is 4.98 Å². The number of ether oxygens (including phenoxy) is 3. The summed E-state index contributed by atoms with van der Waals surface area (Å²) in [5, 5.41) is 0.702. The van der Waals surface area contributed by atoms with Crippen LogP contribution in [-0.4, -0.2) is 67.8 Å². The van der Waals surface area contributed by atoms with Crippen molar-refractivity contribution in [1.82, 2.24) is 14.9 Å². The minimum Gasteiger partial charge on any atom is -0.493 e. The van der Waals surface area contributed by atoms with Crippen LogP contribution in [0.15, 0.2) is 42.5 Å². The molecule has 3 aromatic rings. The van der Waals surface area contributed by atoms with Crippen molar-refractivity contribution >= 4 is 47.1 Å². The van der Waals surface area contributed by atoms with E-state index in [1.54, 1.807) is 38.5 Å². The molecule has 2 heterocycles. The van der Waals surface area contributed by atoms with Crippen molar-refractivity contribution in [2.24, 2.45) is 0 Å². The van der Waals surface area contributed by atoms with E-state index in [-0.39, 0.29) is 18.3 Å². The van der Waals surface area contributed by atoms with Crippen LogP contribution in [0, 0.1) is 0 Å². The summed E-state index contributed by atoms with van der Waals surface area (Å²) in [6, 6.07) is 11.2. The Bertz CT molecular complexity index is 1210. The van der Waals surface area contributed by atoms with Crippen molar-refractivity contribution in [3.05, 3.63) is 48.0 Å². The molecule has 1 aliphatic rings. The van der Waals surface area contributed by atoms with Crippen LogP contribution in [0.25, 0.3) is 17.0 Å². The largest absolute Gasteiger partial charge is 0.493 e. The number of carbonyl (C=O) groups excluding carboxylic acids is 1. The molecule has 186 valence electrons. The number of hydrogen-bond donors (Lipinski definition) is 1. The maximum atomic E-state index is 12.7. The number of halogens is 1. The first-order valence-electron chi connectivity index (χ1n) is 11.2. The summed E-state index contributed by atoms with van der Waals surface area (Å²) in [4.78, 5) is 25.8. The number of rotatable bonds is 7. The molecule has 1 amide bonds. The number of anilines is 2. The van der Waals surface area contributed by atoms with E-state index in [0.29, 0.717) is 67.0 Å². The molecule has 0 unspecified atom stereocenters. The molecule has 1 aliphatic heterocycles. The maximum absolute atomic E-state index is 12.7. The molecule has 2 N–H and O–H groups in total. The monoisotopic (exact) mass is 499 g/mol. The van der Waals surface area contributed by atoms with Crippen molar-refractivity contribution in [3.63, 3.8) is 0 Å². The van der Waals surface area contributed by atoms with Gasteiger partial charge in [-0.25, -0.2) is 4.98 Å². The molecule has 10 heteroatoms. The van der Waals surface area contributed by atoms with Crippen LogP contribution in [0.4, 0.5) is 11.8 Å². The van der Waals surface area contributed by atoms with Crippen LogP contribution in [0.3, 0.4) is 0 Å². The number of aromatic nitrogens is 2. The zero-order valence-corrected chi connectivity index (χ0v) is 20.9. The number of fused-ring (bicyclic) bond motifs is 1. The van der Waals surface area contributed by atoms with Gasteiger partial charge in [-0.3, -0.25) is 4.79 Å². The molecule has 0 saturated carbocycles. The first kappa shape index (κ1) is 25.9. The summed E-state index contributed by atoms with van der Waals surface area (Å²) in [5.74, 6) is 2.77. The smallest absolute Gasteiger partial charge is 0.246 e. The Hall–Kier alpha value is -3.72. The van der Waals surface area contributed by atoms with Gasteiger partial charge in [-0.1, -0.05) is 18.2 Å². The predicted octanol–water partition coefficient (Wildman–Crippen LogP) is 3.41. The predicted molar refractivity (Wildman–Crippen MR) is 140 cm³/mol. The minimum atomic E-state index is -0.0401. The first-order chi connectivity index (χ1) is 16.5. The van der Waals surface area contributed by atoms with Crippen LogP contribution in [0.5, 0.6) is 17.2 Å². The minimum absolute atomic E-state index is 0. The van der Waals surface area contributed by atoms with Crippen molar-refractivity contribution < 1.29 is 19.0 Å².